The van der Waals surface area contributed by atoms with Gasteiger partial charge in [-0.15, -0.1) is 0 Å². The summed E-state index contributed by atoms with van der Waals surface area (Å²) in [5.74, 6) is 1.10. The lowest BCUT2D eigenvalue weighted by Crippen LogP contribution is -2.42. The molecule has 0 radical (unpaired) electrons. The van der Waals surface area contributed by atoms with Crippen molar-refractivity contribution in [2.75, 3.05) is 0 Å². The van der Waals surface area contributed by atoms with Crippen molar-refractivity contribution >= 4 is 5.91 Å². The van der Waals surface area contributed by atoms with Gasteiger partial charge in [-0.25, -0.2) is 4.98 Å². The molecule has 1 aromatic rings. The summed E-state index contributed by atoms with van der Waals surface area (Å²) in [5, 5.41) is 0. The Morgan fingerprint density at radius 3 is 2.87 bits per heavy atom. The normalized spacial score (nSPS) is 19.9. The molecular formula is C10H16N4O. The number of nitrogens with zero attached hydrogens (tertiary/aromatic N) is 2. The number of carbonyl (C=O) groups is 1. The van der Waals surface area contributed by atoms with Crippen molar-refractivity contribution in [3.05, 3.63) is 18.2 Å². The lowest BCUT2D eigenvalue weighted by atomic mass is 10.1. The first-order valence-electron chi connectivity index (χ1n) is 5.19. The molecule has 2 rings (SSSR count). The third-order valence-electron chi connectivity index (χ3n) is 2.93. The molecule has 5 heteroatoms. The van der Waals surface area contributed by atoms with Gasteiger partial charge in [0, 0.05) is 18.3 Å². The molecule has 0 saturated heterocycles. The number of imidazole rings is 1. The number of primary amides is 1. The molecule has 5 nitrogen and oxygen atoms in total. The Kier molecular flexibility index (Phi) is 2.48. The van der Waals surface area contributed by atoms with Gasteiger partial charge in [-0.05, 0) is 19.8 Å². The first-order valence-corrected chi connectivity index (χ1v) is 5.19. The van der Waals surface area contributed by atoms with E-state index in [1.165, 1.54) is 12.8 Å². The van der Waals surface area contributed by atoms with Gasteiger partial charge >= 0.3 is 0 Å². The predicted octanol–water partition coefficient (Wildman–Crippen LogP) is 0.134. The van der Waals surface area contributed by atoms with Crippen molar-refractivity contribution in [3.63, 3.8) is 0 Å². The Morgan fingerprint density at radius 2 is 2.33 bits per heavy atom. The highest BCUT2D eigenvalue weighted by Crippen LogP contribution is 2.39. The lowest BCUT2D eigenvalue weighted by molar-refractivity contribution is -0.120. The second kappa shape index (κ2) is 3.66. The lowest BCUT2D eigenvalue weighted by Gasteiger charge is -2.20. The van der Waals surface area contributed by atoms with Gasteiger partial charge in [0.1, 0.15) is 11.9 Å². The molecule has 15 heavy (non-hydrogen) atoms. The van der Waals surface area contributed by atoms with Crippen LogP contribution in [0, 0.1) is 0 Å². The Morgan fingerprint density at radius 1 is 1.67 bits per heavy atom. The summed E-state index contributed by atoms with van der Waals surface area (Å²) in [6, 6.07) is -0.780. The number of hydrogen-bond acceptors (Lipinski definition) is 3. The molecule has 1 amide bonds. The first-order chi connectivity index (χ1) is 7.11. The summed E-state index contributed by atoms with van der Waals surface area (Å²) in [4.78, 5) is 15.3. The average Bonchev–Trinajstić information content (AvgIpc) is 2.94. The van der Waals surface area contributed by atoms with Gasteiger partial charge in [0.05, 0.1) is 6.04 Å². The highest BCUT2D eigenvalue weighted by molar-refractivity contribution is 5.80. The van der Waals surface area contributed by atoms with E-state index in [1.54, 1.807) is 6.20 Å². The maximum Gasteiger partial charge on any atom is 0.236 e. The highest BCUT2D eigenvalue weighted by Gasteiger charge is 2.30. The van der Waals surface area contributed by atoms with Crippen LogP contribution >= 0.6 is 0 Å². The van der Waals surface area contributed by atoms with Gasteiger partial charge in [0.2, 0.25) is 5.91 Å². The molecule has 1 fully saturated rings. The number of rotatable bonds is 4. The smallest absolute Gasteiger partial charge is 0.236 e. The van der Waals surface area contributed by atoms with Crippen LogP contribution in [0.15, 0.2) is 12.4 Å². The molecule has 2 atom stereocenters. The van der Waals surface area contributed by atoms with Crippen LogP contribution in [0.3, 0.4) is 0 Å². The Labute approximate surface area is 88.5 Å². The van der Waals surface area contributed by atoms with E-state index in [0.717, 1.165) is 5.82 Å². The van der Waals surface area contributed by atoms with Gasteiger partial charge in [0.25, 0.3) is 0 Å². The summed E-state index contributed by atoms with van der Waals surface area (Å²) in [6.07, 6.45) is 5.96. The van der Waals surface area contributed by atoms with Crippen LogP contribution in [0.1, 0.15) is 37.5 Å². The van der Waals surface area contributed by atoms with E-state index in [9.17, 15) is 4.79 Å². The van der Waals surface area contributed by atoms with Gasteiger partial charge in [0.15, 0.2) is 0 Å². The molecule has 1 aromatic heterocycles. The summed E-state index contributed by atoms with van der Waals surface area (Å²) in [6.45, 7) is 1.89. The highest BCUT2D eigenvalue weighted by atomic mass is 16.1. The van der Waals surface area contributed by atoms with Crippen LogP contribution in [-0.4, -0.2) is 21.5 Å². The van der Waals surface area contributed by atoms with E-state index in [-0.39, 0.29) is 6.04 Å². The minimum absolute atomic E-state index is 0.124. The van der Waals surface area contributed by atoms with Crippen LogP contribution < -0.4 is 11.5 Å². The Hall–Kier alpha value is -1.36. The van der Waals surface area contributed by atoms with Crippen molar-refractivity contribution < 1.29 is 4.79 Å². The minimum Gasteiger partial charge on any atom is -0.368 e. The van der Waals surface area contributed by atoms with E-state index >= 15 is 0 Å². The summed E-state index contributed by atoms with van der Waals surface area (Å²) < 4.78 is 1.97. The number of amides is 1. The second-order valence-electron chi connectivity index (χ2n) is 4.14. The zero-order valence-corrected chi connectivity index (χ0v) is 8.76. The van der Waals surface area contributed by atoms with Crippen LogP contribution in [-0.2, 0) is 4.79 Å². The number of nitrogens with two attached hydrogens (primary N) is 2. The molecule has 0 bridgehead atoms. The maximum absolute atomic E-state index is 11.0. The van der Waals surface area contributed by atoms with Gasteiger partial charge in [-0.2, -0.15) is 0 Å². The van der Waals surface area contributed by atoms with Crippen molar-refractivity contribution in [2.45, 2.75) is 37.8 Å². The monoisotopic (exact) mass is 208 g/mol. The average molecular weight is 208 g/mol. The van der Waals surface area contributed by atoms with Gasteiger partial charge < -0.3 is 16.0 Å². The van der Waals surface area contributed by atoms with Gasteiger partial charge in [-0.1, -0.05) is 0 Å². The molecular weight excluding hydrogens is 192 g/mol. The molecule has 0 spiro atoms. The van der Waals surface area contributed by atoms with Crippen LogP contribution in [0.4, 0.5) is 0 Å². The third kappa shape index (κ3) is 1.87. The zero-order valence-electron chi connectivity index (χ0n) is 8.76. The van der Waals surface area contributed by atoms with Gasteiger partial charge in [-0.3, -0.25) is 4.79 Å². The fourth-order valence-electron chi connectivity index (χ4n) is 1.74. The Balaban J connectivity index is 2.20. The first kappa shape index (κ1) is 10.2. The maximum atomic E-state index is 11.0. The standard InChI is InChI=1S/C10H16N4O/c1-6(8(11)9(12)15)14-5-4-13-10(14)7-2-3-7/h4-8H,2-3,11H2,1H3,(H2,12,15). The summed E-state index contributed by atoms with van der Waals surface area (Å²) in [5.41, 5.74) is 10.9. The topological polar surface area (TPSA) is 86.9 Å². The zero-order chi connectivity index (χ0) is 11.0. The molecule has 1 saturated carbocycles. The molecule has 2 unspecified atom stereocenters. The molecule has 82 valence electrons. The molecule has 0 aliphatic heterocycles. The molecule has 1 heterocycles. The predicted molar refractivity (Wildman–Crippen MR) is 56.1 cm³/mol. The molecule has 1 aliphatic carbocycles. The van der Waals surface area contributed by atoms with E-state index < -0.39 is 11.9 Å². The quantitative estimate of drug-likeness (QED) is 0.737. The third-order valence-corrected chi connectivity index (χ3v) is 2.93. The van der Waals surface area contributed by atoms with Crippen LogP contribution in [0.2, 0.25) is 0 Å². The number of aromatic nitrogens is 2. The van der Waals surface area contributed by atoms with Crippen molar-refractivity contribution in [1.29, 1.82) is 0 Å². The van der Waals surface area contributed by atoms with E-state index in [4.69, 9.17) is 11.5 Å². The van der Waals surface area contributed by atoms with E-state index in [2.05, 4.69) is 4.98 Å². The summed E-state index contributed by atoms with van der Waals surface area (Å²) >= 11 is 0. The van der Waals surface area contributed by atoms with Crippen LogP contribution in [0.25, 0.3) is 0 Å². The SMILES string of the molecule is CC(C(N)C(N)=O)n1ccnc1C1CC1. The molecule has 4 N–H and O–H groups in total. The number of hydrogen-bond donors (Lipinski definition) is 2. The van der Waals surface area contributed by atoms with Crippen LogP contribution in [0.5, 0.6) is 0 Å². The van der Waals surface area contributed by atoms with E-state index in [0.29, 0.717) is 5.92 Å². The number of carbonyl (C=O) groups excluding carboxylic acids is 1. The van der Waals surface area contributed by atoms with Crippen molar-refractivity contribution in [3.8, 4) is 0 Å². The fraction of sp³-hybridized carbons (Fsp3) is 0.600. The molecule has 0 aromatic carbocycles. The Bertz CT molecular complexity index is 369. The second-order valence-corrected chi connectivity index (χ2v) is 4.14. The van der Waals surface area contributed by atoms with E-state index in [1.807, 2.05) is 17.7 Å². The minimum atomic E-state index is -0.656. The molecule has 1 aliphatic rings. The van der Waals surface area contributed by atoms with Crippen molar-refractivity contribution in [1.82, 2.24) is 9.55 Å². The fourth-order valence-corrected chi connectivity index (χ4v) is 1.74. The largest absolute Gasteiger partial charge is 0.368 e. The summed E-state index contributed by atoms with van der Waals surface area (Å²) in [7, 11) is 0. The van der Waals surface area contributed by atoms with Crippen molar-refractivity contribution in [2.24, 2.45) is 11.5 Å².